The minimum atomic E-state index is -4.99. The van der Waals surface area contributed by atoms with Gasteiger partial charge in [0.1, 0.15) is 17.2 Å². The number of alkyl halides is 3. The molecular weight excluding hydrogens is 203 g/mol. The number of rotatable bonds is 1. The molecule has 0 radical (unpaired) electrons. The minimum absolute atomic E-state index is 0.202. The average molecular weight is 210 g/mol. The molecule has 0 atom stereocenters. The predicted molar refractivity (Wildman–Crippen MR) is 40.7 cm³/mol. The first-order chi connectivity index (χ1) is 6.36. The predicted octanol–water partition coefficient (Wildman–Crippen LogP) is 3.55. The SMILES string of the molecule is CCc1cc(F)c(C(F)(F)F)c(F)c1. The van der Waals surface area contributed by atoms with Crippen molar-refractivity contribution in [1.82, 2.24) is 0 Å². The molecule has 0 amide bonds. The summed E-state index contributed by atoms with van der Waals surface area (Å²) in [7, 11) is 0. The van der Waals surface area contributed by atoms with Crippen LogP contribution in [0.2, 0.25) is 0 Å². The van der Waals surface area contributed by atoms with Crippen molar-refractivity contribution in [3.05, 3.63) is 34.9 Å². The van der Waals surface area contributed by atoms with E-state index in [4.69, 9.17) is 0 Å². The van der Waals surface area contributed by atoms with Crippen LogP contribution in [0.4, 0.5) is 22.0 Å². The lowest BCUT2D eigenvalue weighted by Gasteiger charge is -2.10. The molecule has 0 nitrogen and oxygen atoms in total. The van der Waals surface area contributed by atoms with Crippen LogP contribution in [0.1, 0.15) is 18.1 Å². The molecule has 0 saturated carbocycles. The maximum Gasteiger partial charge on any atom is 0.422 e. The Hall–Kier alpha value is -1.13. The fourth-order valence-electron chi connectivity index (χ4n) is 1.10. The van der Waals surface area contributed by atoms with Crippen LogP contribution in [0, 0.1) is 11.6 Å². The lowest BCUT2D eigenvalue weighted by atomic mass is 10.1. The fourth-order valence-corrected chi connectivity index (χ4v) is 1.10. The van der Waals surface area contributed by atoms with Gasteiger partial charge < -0.3 is 0 Å². The van der Waals surface area contributed by atoms with E-state index in [-0.39, 0.29) is 12.0 Å². The Morgan fingerprint density at radius 2 is 1.50 bits per heavy atom. The number of aryl methyl sites for hydroxylation is 1. The highest BCUT2D eigenvalue weighted by Gasteiger charge is 2.37. The van der Waals surface area contributed by atoms with Gasteiger partial charge in [0.25, 0.3) is 0 Å². The molecule has 0 aliphatic rings. The first kappa shape index (κ1) is 10.9. The maximum absolute atomic E-state index is 12.8. The molecule has 78 valence electrons. The van der Waals surface area contributed by atoms with Crippen molar-refractivity contribution in [3.8, 4) is 0 Å². The van der Waals surface area contributed by atoms with Gasteiger partial charge in [-0.05, 0) is 24.1 Å². The van der Waals surface area contributed by atoms with Gasteiger partial charge in [-0.2, -0.15) is 13.2 Å². The highest BCUT2D eigenvalue weighted by Crippen LogP contribution is 2.33. The third-order valence-corrected chi connectivity index (χ3v) is 1.79. The van der Waals surface area contributed by atoms with Crippen molar-refractivity contribution < 1.29 is 22.0 Å². The summed E-state index contributed by atoms with van der Waals surface area (Å²) < 4.78 is 61.9. The molecule has 0 spiro atoms. The monoisotopic (exact) mass is 210 g/mol. The summed E-state index contributed by atoms with van der Waals surface area (Å²) in [5, 5.41) is 0. The second-order valence-electron chi connectivity index (χ2n) is 2.79. The number of benzene rings is 1. The summed E-state index contributed by atoms with van der Waals surface area (Å²) in [4.78, 5) is 0. The van der Waals surface area contributed by atoms with Crippen molar-refractivity contribution in [1.29, 1.82) is 0 Å². The minimum Gasteiger partial charge on any atom is -0.206 e. The van der Waals surface area contributed by atoms with E-state index in [1.165, 1.54) is 0 Å². The van der Waals surface area contributed by atoms with Crippen LogP contribution >= 0.6 is 0 Å². The van der Waals surface area contributed by atoms with Crippen LogP contribution in [-0.4, -0.2) is 0 Å². The van der Waals surface area contributed by atoms with E-state index in [0.29, 0.717) is 12.1 Å². The van der Waals surface area contributed by atoms with Gasteiger partial charge in [-0.3, -0.25) is 0 Å². The quantitative estimate of drug-likeness (QED) is 0.622. The maximum atomic E-state index is 12.8. The lowest BCUT2D eigenvalue weighted by molar-refractivity contribution is -0.142. The summed E-state index contributed by atoms with van der Waals surface area (Å²) in [6, 6.07) is 1.40. The van der Waals surface area contributed by atoms with E-state index in [9.17, 15) is 22.0 Å². The van der Waals surface area contributed by atoms with Gasteiger partial charge in [0.15, 0.2) is 0 Å². The van der Waals surface area contributed by atoms with E-state index in [0.717, 1.165) is 0 Å². The van der Waals surface area contributed by atoms with E-state index >= 15 is 0 Å². The normalized spacial score (nSPS) is 11.9. The zero-order valence-corrected chi connectivity index (χ0v) is 7.25. The zero-order chi connectivity index (χ0) is 10.9. The lowest BCUT2D eigenvalue weighted by Crippen LogP contribution is -2.11. The summed E-state index contributed by atoms with van der Waals surface area (Å²) in [5.41, 5.74) is -1.62. The Morgan fingerprint density at radius 1 is 1.07 bits per heavy atom. The molecule has 0 heterocycles. The first-order valence-electron chi connectivity index (χ1n) is 3.91. The van der Waals surface area contributed by atoms with E-state index in [1.807, 2.05) is 0 Å². The summed E-state index contributed by atoms with van der Waals surface area (Å²) in [5.74, 6) is -3.12. The van der Waals surface area contributed by atoms with Gasteiger partial charge in [-0.15, -0.1) is 0 Å². The van der Waals surface area contributed by atoms with Crippen LogP contribution in [0.15, 0.2) is 12.1 Å². The molecule has 1 aromatic rings. The molecule has 0 aliphatic heterocycles. The zero-order valence-electron chi connectivity index (χ0n) is 7.25. The smallest absolute Gasteiger partial charge is 0.206 e. The molecule has 5 heteroatoms. The van der Waals surface area contributed by atoms with E-state index < -0.39 is 23.4 Å². The van der Waals surface area contributed by atoms with E-state index in [2.05, 4.69) is 0 Å². The van der Waals surface area contributed by atoms with Gasteiger partial charge in [0, 0.05) is 0 Å². The van der Waals surface area contributed by atoms with Crippen LogP contribution in [-0.2, 0) is 12.6 Å². The molecule has 0 bridgehead atoms. The Bertz CT molecular complexity index is 317. The second kappa shape index (κ2) is 3.55. The molecule has 1 rings (SSSR count). The van der Waals surface area contributed by atoms with Crippen LogP contribution in [0.5, 0.6) is 0 Å². The largest absolute Gasteiger partial charge is 0.422 e. The van der Waals surface area contributed by atoms with Gasteiger partial charge in [-0.1, -0.05) is 6.92 Å². The van der Waals surface area contributed by atoms with Crippen molar-refractivity contribution >= 4 is 0 Å². The van der Waals surface area contributed by atoms with E-state index in [1.54, 1.807) is 6.92 Å². The molecule has 0 aromatic heterocycles. The molecule has 0 aliphatic carbocycles. The van der Waals surface area contributed by atoms with Gasteiger partial charge in [0.05, 0.1) is 0 Å². The van der Waals surface area contributed by atoms with Crippen molar-refractivity contribution in [2.75, 3.05) is 0 Å². The highest BCUT2D eigenvalue weighted by atomic mass is 19.4. The third kappa shape index (κ3) is 2.02. The highest BCUT2D eigenvalue weighted by molar-refractivity contribution is 5.28. The standard InChI is InChI=1S/C9H7F5/c1-2-5-3-6(10)8(7(11)4-5)9(12,13)14/h3-4H,2H2,1H3. The molecule has 0 unspecified atom stereocenters. The first-order valence-corrected chi connectivity index (χ1v) is 3.91. The molecule has 1 aromatic carbocycles. The van der Waals surface area contributed by atoms with Crippen molar-refractivity contribution in [2.45, 2.75) is 19.5 Å². The molecule has 14 heavy (non-hydrogen) atoms. The van der Waals surface area contributed by atoms with Crippen LogP contribution in [0.3, 0.4) is 0 Å². The van der Waals surface area contributed by atoms with Crippen LogP contribution < -0.4 is 0 Å². The Kier molecular flexibility index (Phi) is 2.78. The number of hydrogen-bond acceptors (Lipinski definition) is 0. The molecule has 0 saturated heterocycles. The fraction of sp³-hybridized carbons (Fsp3) is 0.333. The second-order valence-corrected chi connectivity index (χ2v) is 2.79. The Balaban J connectivity index is 3.33. The van der Waals surface area contributed by atoms with Crippen LogP contribution in [0.25, 0.3) is 0 Å². The molecule has 0 fully saturated rings. The average Bonchev–Trinajstić information content (AvgIpc) is 1.99. The Labute approximate surface area is 77.4 Å². The third-order valence-electron chi connectivity index (χ3n) is 1.79. The Morgan fingerprint density at radius 3 is 1.79 bits per heavy atom. The summed E-state index contributed by atoms with van der Waals surface area (Å²) in [6.45, 7) is 1.60. The van der Waals surface area contributed by atoms with Gasteiger partial charge >= 0.3 is 6.18 Å². The van der Waals surface area contributed by atoms with Gasteiger partial charge in [0.2, 0.25) is 0 Å². The van der Waals surface area contributed by atoms with Gasteiger partial charge in [-0.25, -0.2) is 8.78 Å². The summed E-state index contributed by atoms with van der Waals surface area (Å²) >= 11 is 0. The molecular formula is C9H7F5. The topological polar surface area (TPSA) is 0 Å². The molecule has 0 N–H and O–H groups in total. The number of halogens is 5. The number of hydrogen-bond donors (Lipinski definition) is 0. The van der Waals surface area contributed by atoms with Crippen molar-refractivity contribution in [2.24, 2.45) is 0 Å². The summed E-state index contributed by atoms with van der Waals surface area (Å²) in [6.07, 6.45) is -4.70. The van der Waals surface area contributed by atoms with Crippen molar-refractivity contribution in [3.63, 3.8) is 0 Å².